The third-order valence-corrected chi connectivity index (χ3v) is 3.86. The molecule has 1 heterocycles. The van der Waals surface area contributed by atoms with Gasteiger partial charge in [-0.25, -0.2) is 0 Å². The lowest BCUT2D eigenvalue weighted by atomic mass is 9.80. The molecule has 0 amide bonds. The van der Waals surface area contributed by atoms with Crippen molar-refractivity contribution in [2.24, 2.45) is 5.92 Å². The fourth-order valence-corrected chi connectivity index (χ4v) is 2.30. The molecule has 0 aromatic heterocycles. The summed E-state index contributed by atoms with van der Waals surface area (Å²) < 4.78 is 5.40. The maximum Gasteiger partial charge on any atom is 0.130 e. The number of aliphatic hydroxyl groups is 1. The van der Waals surface area contributed by atoms with E-state index >= 15 is 0 Å². The summed E-state index contributed by atoms with van der Waals surface area (Å²) in [5, 5.41) is 10.6. The van der Waals surface area contributed by atoms with Crippen LogP contribution in [-0.2, 0) is 4.74 Å². The van der Waals surface area contributed by atoms with Gasteiger partial charge >= 0.3 is 0 Å². The van der Waals surface area contributed by atoms with Crippen molar-refractivity contribution in [3.63, 3.8) is 0 Å². The van der Waals surface area contributed by atoms with Crippen molar-refractivity contribution in [1.29, 1.82) is 0 Å². The summed E-state index contributed by atoms with van der Waals surface area (Å²) in [5.41, 5.74) is -0.847. The lowest BCUT2D eigenvalue weighted by Gasteiger charge is -2.42. The third-order valence-electron chi connectivity index (χ3n) is 3.86. The first kappa shape index (κ1) is 15.5. The molecule has 104 valence electrons. The van der Waals surface area contributed by atoms with Crippen LogP contribution in [0.3, 0.4) is 0 Å². The molecule has 18 heavy (non-hydrogen) atoms. The molecule has 3 unspecified atom stereocenters. The van der Waals surface area contributed by atoms with E-state index in [1.54, 1.807) is 0 Å². The molecule has 0 aromatic rings. The fourth-order valence-electron chi connectivity index (χ4n) is 2.30. The van der Waals surface area contributed by atoms with Gasteiger partial charge in [-0.3, -0.25) is 0 Å². The Bertz CT molecular complexity index is 307. The molecule has 0 aliphatic carbocycles. The number of ether oxygens (including phenoxy) is 1. The van der Waals surface area contributed by atoms with Crippen molar-refractivity contribution in [3.8, 4) is 11.8 Å². The van der Waals surface area contributed by atoms with Gasteiger partial charge in [-0.1, -0.05) is 32.1 Å². The lowest BCUT2D eigenvalue weighted by molar-refractivity contribution is -0.0348. The van der Waals surface area contributed by atoms with E-state index in [4.69, 9.17) is 4.74 Å². The maximum absolute atomic E-state index is 10.6. The Kier molecular flexibility index (Phi) is 6.14. The highest BCUT2D eigenvalue weighted by molar-refractivity contribution is 5.18. The second kappa shape index (κ2) is 7.13. The topological polar surface area (TPSA) is 32.7 Å². The quantitative estimate of drug-likeness (QED) is 0.613. The van der Waals surface area contributed by atoms with Gasteiger partial charge in [0.25, 0.3) is 0 Å². The Morgan fingerprint density at radius 3 is 2.83 bits per heavy atom. The molecule has 3 heteroatoms. The number of likely N-dealkylation sites (tertiary alicyclic amines) is 1. The summed E-state index contributed by atoms with van der Waals surface area (Å²) in [4.78, 5) is 2.28. The molecule has 1 aliphatic heterocycles. The molecule has 1 saturated heterocycles. The largest absolute Gasteiger partial charge is 0.377 e. The normalized spacial score (nSPS) is 32.9. The zero-order valence-electron chi connectivity index (χ0n) is 12.2. The average Bonchev–Trinajstić information content (AvgIpc) is 2.31. The average molecular weight is 253 g/mol. The second-order valence-corrected chi connectivity index (χ2v) is 5.53. The number of unbranched alkanes of at least 4 members (excludes halogenated alkanes) is 1. The molecule has 0 aromatic carbocycles. The van der Waals surface area contributed by atoms with Crippen LogP contribution < -0.4 is 0 Å². The summed E-state index contributed by atoms with van der Waals surface area (Å²) in [6, 6.07) is 0.376. The van der Waals surface area contributed by atoms with Gasteiger partial charge in [0.15, 0.2) is 0 Å². The van der Waals surface area contributed by atoms with Crippen molar-refractivity contribution < 1.29 is 9.84 Å². The van der Waals surface area contributed by atoms with Crippen LogP contribution in [0.5, 0.6) is 0 Å². The minimum atomic E-state index is -0.847. The number of piperidine rings is 1. The molecule has 1 N–H and O–H groups in total. The Morgan fingerprint density at radius 2 is 2.17 bits per heavy atom. The number of hydrogen-bond donors (Lipinski definition) is 1. The van der Waals surface area contributed by atoms with Crippen molar-refractivity contribution in [3.05, 3.63) is 0 Å². The monoisotopic (exact) mass is 253 g/mol. The zero-order valence-corrected chi connectivity index (χ0v) is 12.2. The summed E-state index contributed by atoms with van der Waals surface area (Å²) in [5.74, 6) is 6.19. The zero-order chi connectivity index (χ0) is 13.6. The molecule has 1 fully saturated rings. The maximum atomic E-state index is 10.6. The van der Waals surface area contributed by atoms with E-state index in [0.717, 1.165) is 26.0 Å². The van der Waals surface area contributed by atoms with Crippen LogP contribution in [0, 0.1) is 17.8 Å². The molecule has 3 atom stereocenters. The van der Waals surface area contributed by atoms with Crippen LogP contribution in [0.25, 0.3) is 0 Å². The summed E-state index contributed by atoms with van der Waals surface area (Å²) >= 11 is 0. The van der Waals surface area contributed by atoms with Crippen molar-refractivity contribution in [2.45, 2.75) is 51.7 Å². The Balaban J connectivity index is 2.45. The molecular formula is C15H27NO2. The van der Waals surface area contributed by atoms with Crippen molar-refractivity contribution >= 4 is 0 Å². The van der Waals surface area contributed by atoms with Gasteiger partial charge in [0.2, 0.25) is 0 Å². The van der Waals surface area contributed by atoms with E-state index in [9.17, 15) is 5.11 Å². The van der Waals surface area contributed by atoms with Crippen LogP contribution in [0.15, 0.2) is 0 Å². The van der Waals surface area contributed by atoms with E-state index in [1.807, 2.05) is 0 Å². The first-order valence-electron chi connectivity index (χ1n) is 7.00. The SMILES string of the molecule is CCCCOCC#CC1(O)CC(C)N(C)CC1C. The van der Waals surface area contributed by atoms with E-state index in [-0.39, 0.29) is 5.92 Å². The van der Waals surface area contributed by atoms with E-state index < -0.39 is 5.60 Å². The van der Waals surface area contributed by atoms with Crippen molar-refractivity contribution in [2.75, 3.05) is 26.8 Å². The highest BCUT2D eigenvalue weighted by Gasteiger charge is 2.39. The minimum absolute atomic E-state index is 0.182. The lowest BCUT2D eigenvalue weighted by Crippen LogP contribution is -2.52. The van der Waals surface area contributed by atoms with Gasteiger partial charge in [-0.05, 0) is 20.4 Å². The van der Waals surface area contributed by atoms with Crippen LogP contribution in [-0.4, -0.2) is 48.5 Å². The Labute approximate surface area is 112 Å². The number of nitrogens with zero attached hydrogens (tertiary/aromatic N) is 1. The molecular weight excluding hydrogens is 226 g/mol. The predicted octanol–water partition coefficient (Wildman–Crippen LogP) is 1.90. The van der Waals surface area contributed by atoms with E-state index in [2.05, 4.69) is 44.6 Å². The summed E-state index contributed by atoms with van der Waals surface area (Å²) in [6.45, 7) is 8.42. The second-order valence-electron chi connectivity index (χ2n) is 5.53. The highest BCUT2D eigenvalue weighted by atomic mass is 16.5. The molecule has 1 rings (SSSR count). The minimum Gasteiger partial charge on any atom is -0.377 e. The third kappa shape index (κ3) is 4.28. The van der Waals surface area contributed by atoms with E-state index in [1.165, 1.54) is 0 Å². The van der Waals surface area contributed by atoms with Crippen LogP contribution in [0.2, 0.25) is 0 Å². The fraction of sp³-hybridized carbons (Fsp3) is 0.867. The molecule has 1 aliphatic rings. The van der Waals surface area contributed by atoms with Crippen LogP contribution >= 0.6 is 0 Å². The Hall–Kier alpha value is -0.560. The molecule has 0 spiro atoms. The van der Waals surface area contributed by atoms with Gasteiger partial charge in [0.1, 0.15) is 12.2 Å². The molecule has 0 radical (unpaired) electrons. The number of rotatable bonds is 4. The first-order chi connectivity index (χ1) is 8.49. The van der Waals surface area contributed by atoms with Gasteiger partial charge in [-0.2, -0.15) is 0 Å². The standard InChI is InChI=1S/C15H27NO2/c1-5-6-9-18-10-7-8-15(17)11-14(3)16(4)12-13(15)2/h13-14,17H,5-6,9-12H2,1-4H3. The smallest absolute Gasteiger partial charge is 0.130 e. The van der Waals surface area contributed by atoms with Crippen LogP contribution in [0.1, 0.15) is 40.0 Å². The van der Waals surface area contributed by atoms with Gasteiger partial charge in [-0.15, -0.1) is 0 Å². The van der Waals surface area contributed by atoms with E-state index in [0.29, 0.717) is 19.1 Å². The molecule has 3 nitrogen and oxygen atoms in total. The first-order valence-corrected chi connectivity index (χ1v) is 7.00. The van der Waals surface area contributed by atoms with Crippen LogP contribution in [0.4, 0.5) is 0 Å². The van der Waals surface area contributed by atoms with Crippen molar-refractivity contribution in [1.82, 2.24) is 4.90 Å². The molecule has 0 saturated carbocycles. The van der Waals surface area contributed by atoms with Gasteiger partial charge in [0, 0.05) is 31.5 Å². The van der Waals surface area contributed by atoms with Gasteiger partial charge < -0.3 is 14.7 Å². The summed E-state index contributed by atoms with van der Waals surface area (Å²) in [6.07, 6.45) is 2.93. The molecule has 0 bridgehead atoms. The Morgan fingerprint density at radius 1 is 1.44 bits per heavy atom. The predicted molar refractivity (Wildman–Crippen MR) is 74.3 cm³/mol. The highest BCUT2D eigenvalue weighted by Crippen LogP contribution is 2.30. The number of hydrogen-bond acceptors (Lipinski definition) is 3. The van der Waals surface area contributed by atoms with Gasteiger partial charge in [0.05, 0.1) is 0 Å². The summed E-state index contributed by atoms with van der Waals surface area (Å²) in [7, 11) is 2.10.